The summed E-state index contributed by atoms with van der Waals surface area (Å²) in [7, 11) is 0. The zero-order chi connectivity index (χ0) is 12.5. The van der Waals surface area contributed by atoms with E-state index in [1.54, 1.807) is 0 Å². The third-order valence-electron chi connectivity index (χ3n) is 2.78. The Morgan fingerprint density at radius 2 is 1.94 bits per heavy atom. The van der Waals surface area contributed by atoms with Gasteiger partial charge in [-0.15, -0.1) is 11.8 Å². The van der Waals surface area contributed by atoms with Gasteiger partial charge in [0.2, 0.25) is 0 Å². The molecule has 0 bridgehead atoms. The molecule has 0 unspecified atom stereocenters. The minimum atomic E-state index is -4.40. The third-order valence-corrected chi connectivity index (χ3v) is 4.19. The van der Waals surface area contributed by atoms with E-state index < -0.39 is 11.9 Å². The highest BCUT2D eigenvalue weighted by Gasteiger charge is 2.33. The maximum Gasteiger partial charge on any atom is 0.433 e. The average molecular weight is 262 g/mol. The van der Waals surface area contributed by atoms with Crippen LogP contribution in [0.15, 0.2) is 17.2 Å². The molecular formula is C11H13F3N2S. The number of nitrogens with zero attached hydrogens (tertiary/aromatic N) is 1. The molecule has 6 heteroatoms. The molecule has 1 aromatic rings. The Bertz CT molecular complexity index is 400. The molecule has 2 rings (SSSR count). The number of nitrogens with two attached hydrogens (primary N) is 1. The largest absolute Gasteiger partial charge is 0.433 e. The van der Waals surface area contributed by atoms with Crippen molar-refractivity contribution in [2.24, 2.45) is 0 Å². The Hall–Kier alpha value is -0.910. The van der Waals surface area contributed by atoms with Gasteiger partial charge in [0.15, 0.2) is 0 Å². The molecule has 0 radical (unpaired) electrons. The van der Waals surface area contributed by atoms with Crippen molar-refractivity contribution < 1.29 is 13.2 Å². The summed E-state index contributed by atoms with van der Waals surface area (Å²) in [6.07, 6.45) is 1.09. The van der Waals surface area contributed by atoms with Gasteiger partial charge in [0.05, 0.1) is 11.9 Å². The Balaban J connectivity index is 2.20. The van der Waals surface area contributed by atoms with Crippen molar-refractivity contribution in [2.75, 3.05) is 5.73 Å². The normalized spacial score (nSPS) is 17.6. The van der Waals surface area contributed by atoms with Crippen molar-refractivity contribution in [3.05, 3.63) is 18.0 Å². The number of thioether (sulfide) groups is 1. The first-order chi connectivity index (χ1) is 7.97. The topological polar surface area (TPSA) is 38.9 Å². The van der Waals surface area contributed by atoms with E-state index in [9.17, 15) is 13.2 Å². The number of hydrogen-bond acceptors (Lipinski definition) is 3. The molecule has 1 saturated carbocycles. The van der Waals surface area contributed by atoms with E-state index in [2.05, 4.69) is 4.98 Å². The first kappa shape index (κ1) is 12.5. The molecule has 1 aliphatic carbocycles. The number of halogens is 3. The second-order valence-electron chi connectivity index (χ2n) is 4.13. The maximum absolute atomic E-state index is 12.5. The molecule has 2 N–H and O–H groups in total. The van der Waals surface area contributed by atoms with Crippen molar-refractivity contribution in [3.8, 4) is 0 Å². The van der Waals surface area contributed by atoms with Gasteiger partial charge < -0.3 is 5.73 Å². The lowest BCUT2D eigenvalue weighted by molar-refractivity contribution is -0.141. The Morgan fingerprint density at radius 1 is 1.29 bits per heavy atom. The first-order valence-corrected chi connectivity index (χ1v) is 6.34. The van der Waals surface area contributed by atoms with Crippen LogP contribution < -0.4 is 5.73 Å². The molecular weight excluding hydrogens is 249 g/mol. The van der Waals surface area contributed by atoms with Crippen LogP contribution in [0.25, 0.3) is 0 Å². The van der Waals surface area contributed by atoms with E-state index in [4.69, 9.17) is 5.73 Å². The summed E-state index contributed by atoms with van der Waals surface area (Å²) in [6.45, 7) is 0. The lowest BCUT2D eigenvalue weighted by Gasteiger charge is -2.13. The van der Waals surface area contributed by atoms with Gasteiger partial charge in [-0.05, 0) is 18.9 Å². The SMILES string of the molecule is Nc1cnc(C(F)(F)F)cc1SC1CCCC1. The predicted octanol–water partition coefficient (Wildman–Crippen LogP) is 3.72. The van der Waals surface area contributed by atoms with Crippen LogP contribution in [0.1, 0.15) is 31.4 Å². The van der Waals surface area contributed by atoms with Crippen LogP contribution in [-0.2, 0) is 6.18 Å². The minimum Gasteiger partial charge on any atom is -0.397 e. The Kier molecular flexibility index (Phi) is 3.51. The van der Waals surface area contributed by atoms with E-state index in [0.717, 1.165) is 37.9 Å². The smallest absolute Gasteiger partial charge is 0.397 e. The van der Waals surface area contributed by atoms with Gasteiger partial charge in [0, 0.05) is 10.1 Å². The highest BCUT2D eigenvalue weighted by atomic mass is 32.2. The van der Waals surface area contributed by atoms with Crippen LogP contribution in [0.2, 0.25) is 0 Å². The Labute approximate surface area is 102 Å². The van der Waals surface area contributed by atoms with Crippen LogP contribution >= 0.6 is 11.8 Å². The van der Waals surface area contributed by atoms with Gasteiger partial charge in [-0.3, -0.25) is 0 Å². The van der Waals surface area contributed by atoms with Crippen LogP contribution in [-0.4, -0.2) is 10.2 Å². The highest BCUT2D eigenvalue weighted by Crippen LogP contribution is 2.39. The predicted molar refractivity (Wildman–Crippen MR) is 61.8 cm³/mol. The highest BCUT2D eigenvalue weighted by molar-refractivity contribution is 8.00. The van der Waals surface area contributed by atoms with Gasteiger partial charge in [-0.25, -0.2) is 4.98 Å². The van der Waals surface area contributed by atoms with Crippen molar-refractivity contribution in [1.82, 2.24) is 4.98 Å². The van der Waals surface area contributed by atoms with E-state index in [1.165, 1.54) is 11.8 Å². The summed E-state index contributed by atoms with van der Waals surface area (Å²) in [5.41, 5.74) is 5.12. The van der Waals surface area contributed by atoms with Gasteiger partial charge in [0.1, 0.15) is 5.69 Å². The van der Waals surface area contributed by atoms with Crippen LogP contribution in [0.5, 0.6) is 0 Å². The third kappa shape index (κ3) is 3.06. The lowest BCUT2D eigenvalue weighted by Crippen LogP contribution is -2.09. The summed E-state index contributed by atoms with van der Waals surface area (Å²) in [5, 5.41) is 0.390. The van der Waals surface area contributed by atoms with Crippen LogP contribution in [0.4, 0.5) is 18.9 Å². The molecule has 0 aromatic carbocycles. The van der Waals surface area contributed by atoms with Crippen molar-refractivity contribution in [1.29, 1.82) is 0 Å². The summed E-state index contributed by atoms with van der Waals surface area (Å²) >= 11 is 1.44. The minimum absolute atomic E-state index is 0.329. The van der Waals surface area contributed by atoms with Crippen molar-refractivity contribution >= 4 is 17.4 Å². The lowest BCUT2D eigenvalue weighted by atomic mass is 10.3. The molecule has 1 aromatic heterocycles. The zero-order valence-corrected chi connectivity index (χ0v) is 9.94. The molecule has 1 aliphatic rings. The fraction of sp³-hybridized carbons (Fsp3) is 0.545. The molecule has 0 amide bonds. The Morgan fingerprint density at radius 3 is 2.53 bits per heavy atom. The molecule has 0 saturated heterocycles. The van der Waals surface area contributed by atoms with E-state index in [0.29, 0.717) is 15.8 Å². The number of nitrogen functional groups attached to an aromatic ring is 1. The number of rotatable bonds is 2. The van der Waals surface area contributed by atoms with Crippen LogP contribution in [0, 0.1) is 0 Å². The first-order valence-electron chi connectivity index (χ1n) is 5.46. The van der Waals surface area contributed by atoms with Crippen molar-refractivity contribution in [3.63, 3.8) is 0 Å². The monoisotopic (exact) mass is 262 g/mol. The van der Waals surface area contributed by atoms with Gasteiger partial charge in [0.25, 0.3) is 0 Å². The van der Waals surface area contributed by atoms with E-state index in [-0.39, 0.29) is 0 Å². The quantitative estimate of drug-likeness (QED) is 0.882. The van der Waals surface area contributed by atoms with Gasteiger partial charge in [-0.1, -0.05) is 12.8 Å². The standard InChI is InChI=1S/C11H13F3N2S/c12-11(13,14)10-5-9(8(15)6-16-10)17-7-3-1-2-4-7/h5-7H,1-4,15H2. The molecule has 1 fully saturated rings. The fourth-order valence-electron chi connectivity index (χ4n) is 1.89. The summed E-state index contributed by atoms with van der Waals surface area (Å²) in [5.74, 6) is 0. The van der Waals surface area contributed by atoms with E-state index in [1.807, 2.05) is 0 Å². The molecule has 1 heterocycles. The molecule has 2 nitrogen and oxygen atoms in total. The maximum atomic E-state index is 12.5. The number of hydrogen-bond donors (Lipinski definition) is 1. The second kappa shape index (κ2) is 4.76. The molecule has 17 heavy (non-hydrogen) atoms. The number of pyridine rings is 1. The molecule has 0 spiro atoms. The average Bonchev–Trinajstić information content (AvgIpc) is 2.72. The zero-order valence-electron chi connectivity index (χ0n) is 9.13. The number of alkyl halides is 3. The second-order valence-corrected chi connectivity index (χ2v) is 5.47. The number of aromatic nitrogens is 1. The molecule has 0 atom stereocenters. The van der Waals surface area contributed by atoms with Gasteiger partial charge in [-0.2, -0.15) is 13.2 Å². The fourth-order valence-corrected chi connectivity index (χ4v) is 3.19. The number of anilines is 1. The van der Waals surface area contributed by atoms with E-state index >= 15 is 0 Å². The van der Waals surface area contributed by atoms with Crippen LogP contribution in [0.3, 0.4) is 0 Å². The molecule has 0 aliphatic heterocycles. The van der Waals surface area contributed by atoms with Crippen molar-refractivity contribution in [2.45, 2.75) is 42.0 Å². The summed E-state index contributed by atoms with van der Waals surface area (Å²) in [4.78, 5) is 3.82. The summed E-state index contributed by atoms with van der Waals surface area (Å²) in [6, 6.07) is 1.05. The molecule has 94 valence electrons. The summed E-state index contributed by atoms with van der Waals surface area (Å²) < 4.78 is 37.5. The van der Waals surface area contributed by atoms with Gasteiger partial charge >= 0.3 is 6.18 Å².